The van der Waals surface area contributed by atoms with Crippen LogP contribution in [-0.2, 0) is 0 Å². The standard InChI is InChI=1S/C44H20N8/c1-47-33-17-15-29(16-18-33)41-42(28-13-11-26(24-45)12-14-28)52-44-39-35-9-4-5-10-37(35)50-40(36(39)23-38(49-3)43(44)51-41)31-8-6-7-30(21-31)32-19-27(25-46)20-34(22-32)48-2/h4-23H. The highest BCUT2D eigenvalue weighted by Crippen LogP contribution is 2.43. The molecule has 8 aromatic rings. The summed E-state index contributed by atoms with van der Waals surface area (Å²) in [5.74, 6) is 0. The molecule has 0 aliphatic heterocycles. The molecule has 2 aromatic heterocycles. The number of hydrogen-bond acceptors (Lipinski definition) is 5. The van der Waals surface area contributed by atoms with Crippen LogP contribution in [0.3, 0.4) is 0 Å². The molecule has 0 unspecified atom stereocenters. The molecular weight excluding hydrogens is 641 g/mol. The molecule has 8 nitrogen and oxygen atoms in total. The van der Waals surface area contributed by atoms with Crippen LogP contribution in [0, 0.1) is 42.4 Å². The van der Waals surface area contributed by atoms with E-state index in [9.17, 15) is 10.5 Å². The summed E-state index contributed by atoms with van der Waals surface area (Å²) in [5, 5.41) is 21.4. The van der Waals surface area contributed by atoms with E-state index in [-0.39, 0.29) is 0 Å². The van der Waals surface area contributed by atoms with Crippen molar-refractivity contribution in [1.82, 2.24) is 15.0 Å². The largest absolute Gasteiger partial charge is 0.255 e. The normalized spacial score (nSPS) is 10.6. The van der Waals surface area contributed by atoms with Gasteiger partial charge in [0, 0.05) is 32.8 Å². The Morgan fingerprint density at radius 2 is 1.13 bits per heavy atom. The number of nitriles is 2. The molecule has 236 valence electrons. The fourth-order valence-electron chi connectivity index (χ4n) is 6.47. The Morgan fingerprint density at radius 3 is 1.83 bits per heavy atom. The van der Waals surface area contributed by atoms with Gasteiger partial charge in [-0.2, -0.15) is 10.5 Å². The summed E-state index contributed by atoms with van der Waals surface area (Å²) in [4.78, 5) is 26.6. The molecule has 6 aromatic carbocycles. The molecule has 0 saturated heterocycles. The third-order valence-corrected chi connectivity index (χ3v) is 8.91. The van der Waals surface area contributed by atoms with Crippen molar-refractivity contribution in [3.05, 3.63) is 167 Å². The minimum Gasteiger partial charge on any atom is -0.255 e. The van der Waals surface area contributed by atoms with Crippen molar-refractivity contribution in [3.63, 3.8) is 0 Å². The van der Waals surface area contributed by atoms with Crippen LogP contribution in [0.4, 0.5) is 17.1 Å². The molecule has 0 aliphatic rings. The fourth-order valence-corrected chi connectivity index (χ4v) is 6.47. The maximum atomic E-state index is 9.61. The summed E-state index contributed by atoms with van der Waals surface area (Å²) >= 11 is 0. The lowest BCUT2D eigenvalue weighted by molar-refractivity contribution is 1.30. The molecule has 0 spiro atoms. The molecule has 0 amide bonds. The molecule has 0 saturated carbocycles. The molecule has 0 aliphatic carbocycles. The van der Waals surface area contributed by atoms with E-state index >= 15 is 0 Å². The van der Waals surface area contributed by atoms with Crippen LogP contribution in [0.1, 0.15) is 11.1 Å². The second-order valence-electron chi connectivity index (χ2n) is 11.9. The van der Waals surface area contributed by atoms with E-state index in [0.29, 0.717) is 56.3 Å². The highest BCUT2D eigenvalue weighted by atomic mass is 14.9. The van der Waals surface area contributed by atoms with Gasteiger partial charge in [-0.15, -0.1) is 0 Å². The molecule has 8 rings (SSSR count). The summed E-state index contributed by atoms with van der Waals surface area (Å²) in [6.07, 6.45) is 0. The van der Waals surface area contributed by atoms with Crippen molar-refractivity contribution in [2.75, 3.05) is 0 Å². The third kappa shape index (κ3) is 5.27. The van der Waals surface area contributed by atoms with Crippen LogP contribution >= 0.6 is 0 Å². The maximum Gasteiger partial charge on any atom is 0.215 e. The predicted octanol–water partition coefficient (Wildman–Crippen LogP) is 11.4. The zero-order valence-corrected chi connectivity index (χ0v) is 27.1. The topological polar surface area (TPSA) is 99.3 Å². The van der Waals surface area contributed by atoms with Gasteiger partial charge in [0.25, 0.3) is 0 Å². The van der Waals surface area contributed by atoms with E-state index in [1.165, 1.54) is 0 Å². The minimum atomic E-state index is 0.304. The Kier molecular flexibility index (Phi) is 7.57. The second kappa shape index (κ2) is 12.7. The van der Waals surface area contributed by atoms with Gasteiger partial charge >= 0.3 is 0 Å². The number of para-hydroxylation sites is 1. The van der Waals surface area contributed by atoms with Gasteiger partial charge in [0.05, 0.1) is 71.1 Å². The van der Waals surface area contributed by atoms with E-state index in [4.69, 9.17) is 34.7 Å². The lowest BCUT2D eigenvalue weighted by Crippen LogP contribution is -1.98. The summed E-state index contributed by atoms with van der Waals surface area (Å²) in [5.41, 5.74) is 9.32. The number of rotatable bonds is 4. The number of aromatic nitrogens is 3. The van der Waals surface area contributed by atoms with Crippen molar-refractivity contribution in [2.45, 2.75) is 0 Å². The predicted molar refractivity (Wildman–Crippen MR) is 202 cm³/mol. The molecule has 8 heteroatoms. The lowest BCUT2D eigenvalue weighted by Gasteiger charge is -2.16. The summed E-state index contributed by atoms with van der Waals surface area (Å²) in [6, 6.07) is 41.1. The molecule has 52 heavy (non-hydrogen) atoms. The number of pyridine rings is 1. The highest BCUT2D eigenvalue weighted by Gasteiger charge is 2.22. The third-order valence-electron chi connectivity index (χ3n) is 8.91. The van der Waals surface area contributed by atoms with Gasteiger partial charge in [-0.25, -0.2) is 24.5 Å². The van der Waals surface area contributed by atoms with Crippen molar-refractivity contribution in [2.24, 2.45) is 0 Å². The molecule has 0 bridgehead atoms. The number of benzene rings is 6. The van der Waals surface area contributed by atoms with E-state index in [1.807, 2.05) is 78.9 Å². The van der Waals surface area contributed by atoms with E-state index in [2.05, 4.69) is 26.7 Å². The van der Waals surface area contributed by atoms with Crippen molar-refractivity contribution in [1.29, 1.82) is 10.5 Å². The van der Waals surface area contributed by atoms with E-state index in [0.717, 1.165) is 49.5 Å². The number of hydrogen-bond donors (Lipinski definition) is 0. The average Bonchev–Trinajstić information content (AvgIpc) is 3.22. The van der Waals surface area contributed by atoms with Crippen molar-refractivity contribution in [3.8, 4) is 57.0 Å². The Labute approximate surface area is 298 Å². The van der Waals surface area contributed by atoms with Gasteiger partial charge in [0.2, 0.25) is 5.69 Å². The molecule has 2 heterocycles. The molecule has 0 radical (unpaired) electrons. The van der Waals surface area contributed by atoms with Crippen LogP contribution in [-0.4, -0.2) is 15.0 Å². The molecule has 0 atom stereocenters. The smallest absolute Gasteiger partial charge is 0.215 e. The first-order valence-electron chi connectivity index (χ1n) is 16.0. The first-order valence-corrected chi connectivity index (χ1v) is 16.0. The van der Waals surface area contributed by atoms with Gasteiger partial charge in [-0.3, -0.25) is 4.98 Å². The van der Waals surface area contributed by atoms with Gasteiger partial charge < -0.3 is 0 Å². The summed E-state index contributed by atoms with van der Waals surface area (Å²) < 4.78 is 0. The molecule has 0 fully saturated rings. The summed E-state index contributed by atoms with van der Waals surface area (Å²) in [6.45, 7) is 23.2. The SMILES string of the molecule is [C-]#[N+]c1ccc(-c2nc3c([N+]#[C-])cc4c(-c5cccc(-c6cc(C#N)cc([N+]#[C-])c6)c5)nc5ccccc5c4c3nc2-c2ccc(C#N)cc2)cc1. The quantitative estimate of drug-likeness (QED) is 0.138. The fraction of sp³-hybridized carbons (Fsp3) is 0. The first kappa shape index (κ1) is 31.1. The Hall–Kier alpha value is -8.22. The van der Waals surface area contributed by atoms with Crippen LogP contribution in [0.2, 0.25) is 0 Å². The highest BCUT2D eigenvalue weighted by molar-refractivity contribution is 6.23. The first-order chi connectivity index (χ1) is 25.5. The van der Waals surface area contributed by atoms with Crippen LogP contribution < -0.4 is 0 Å². The second-order valence-corrected chi connectivity index (χ2v) is 11.9. The van der Waals surface area contributed by atoms with Crippen LogP contribution in [0.15, 0.2) is 121 Å². The van der Waals surface area contributed by atoms with Crippen molar-refractivity contribution < 1.29 is 0 Å². The zero-order valence-electron chi connectivity index (χ0n) is 27.1. The van der Waals surface area contributed by atoms with Gasteiger partial charge in [0.15, 0.2) is 11.4 Å². The Balaban J connectivity index is 1.46. The summed E-state index contributed by atoms with van der Waals surface area (Å²) in [7, 11) is 0. The average molecular weight is 661 g/mol. The Morgan fingerprint density at radius 1 is 0.462 bits per heavy atom. The maximum absolute atomic E-state index is 9.61. The van der Waals surface area contributed by atoms with Crippen molar-refractivity contribution >= 4 is 49.8 Å². The van der Waals surface area contributed by atoms with E-state index < -0.39 is 0 Å². The zero-order chi connectivity index (χ0) is 35.8. The van der Waals surface area contributed by atoms with E-state index in [1.54, 1.807) is 42.5 Å². The number of nitrogens with zero attached hydrogens (tertiary/aromatic N) is 8. The van der Waals surface area contributed by atoms with Gasteiger partial charge in [0.1, 0.15) is 0 Å². The van der Waals surface area contributed by atoms with Crippen LogP contribution in [0.5, 0.6) is 0 Å². The molecular formula is C44H20N8. The minimum absolute atomic E-state index is 0.304. The lowest BCUT2D eigenvalue weighted by atomic mass is 9.94. The molecule has 0 N–H and O–H groups in total. The van der Waals surface area contributed by atoms with Gasteiger partial charge in [-0.1, -0.05) is 72.8 Å². The number of fused-ring (bicyclic) bond motifs is 5. The Bertz CT molecular complexity index is 2970. The van der Waals surface area contributed by atoms with Gasteiger partial charge in [-0.05, 0) is 65.2 Å². The van der Waals surface area contributed by atoms with Crippen LogP contribution in [0.25, 0.3) is 92.1 Å². The monoisotopic (exact) mass is 660 g/mol.